The summed E-state index contributed by atoms with van der Waals surface area (Å²) in [5.41, 5.74) is -0.958. The van der Waals surface area contributed by atoms with E-state index in [4.69, 9.17) is 0 Å². The van der Waals surface area contributed by atoms with Crippen LogP contribution in [0.5, 0.6) is 0 Å². The van der Waals surface area contributed by atoms with E-state index in [-0.39, 0.29) is 35.1 Å². The molecule has 3 fully saturated rings. The van der Waals surface area contributed by atoms with Crippen LogP contribution in [0.4, 0.5) is 4.79 Å². The first-order valence-corrected chi connectivity index (χ1v) is 7.54. The van der Waals surface area contributed by atoms with Crippen LogP contribution >= 0.6 is 0 Å². The first kappa shape index (κ1) is 14.4. The Kier molecular flexibility index (Phi) is 2.72. The smallest absolute Gasteiger partial charge is 0.322 e. The quantitative estimate of drug-likeness (QED) is 0.704. The van der Waals surface area contributed by atoms with Gasteiger partial charge in [0, 0.05) is 12.5 Å². The number of nitrogens with one attached hydrogen (secondary N) is 2. The number of rotatable bonds is 1. The zero-order valence-corrected chi connectivity index (χ0v) is 13.1. The van der Waals surface area contributed by atoms with E-state index in [2.05, 4.69) is 38.3 Å². The van der Waals surface area contributed by atoms with Gasteiger partial charge >= 0.3 is 6.03 Å². The van der Waals surface area contributed by atoms with Crippen molar-refractivity contribution in [2.24, 2.45) is 16.7 Å². The van der Waals surface area contributed by atoms with E-state index in [0.717, 1.165) is 6.42 Å². The topological polar surface area (TPSA) is 78.5 Å². The van der Waals surface area contributed by atoms with Crippen LogP contribution in [-0.2, 0) is 9.59 Å². The highest BCUT2D eigenvalue weighted by Gasteiger charge is 2.69. The predicted octanol–water partition coefficient (Wildman–Crippen LogP) is 0.869. The number of amides is 4. The number of likely N-dealkylation sites (tertiary alicyclic amines) is 1. The lowest BCUT2D eigenvalue weighted by Gasteiger charge is -2.38. The highest BCUT2D eigenvalue weighted by atomic mass is 16.2. The summed E-state index contributed by atoms with van der Waals surface area (Å²) in [5, 5.41) is 5.00. The second kappa shape index (κ2) is 3.99. The summed E-state index contributed by atoms with van der Waals surface area (Å²) in [6.07, 6.45) is 1.32. The Bertz CT molecular complexity index is 526. The number of piperidine rings is 1. The van der Waals surface area contributed by atoms with Crippen molar-refractivity contribution in [3.8, 4) is 0 Å². The molecule has 116 valence electrons. The molecule has 0 aromatic carbocycles. The van der Waals surface area contributed by atoms with Gasteiger partial charge in [-0.2, -0.15) is 0 Å². The van der Waals surface area contributed by atoms with Gasteiger partial charge in [-0.1, -0.05) is 27.7 Å². The van der Waals surface area contributed by atoms with E-state index in [0.29, 0.717) is 13.0 Å². The van der Waals surface area contributed by atoms with Crippen molar-refractivity contribution in [3.63, 3.8) is 0 Å². The number of nitrogens with zero attached hydrogens (tertiary/aromatic N) is 1. The molecule has 3 rings (SSSR count). The fraction of sp³-hybridized carbons (Fsp3) is 0.800. The van der Waals surface area contributed by atoms with Crippen molar-refractivity contribution in [3.05, 3.63) is 0 Å². The van der Waals surface area contributed by atoms with Gasteiger partial charge in [-0.15, -0.1) is 0 Å². The normalized spacial score (nSPS) is 33.8. The van der Waals surface area contributed by atoms with Gasteiger partial charge < -0.3 is 10.2 Å². The molecule has 0 aromatic heterocycles. The summed E-state index contributed by atoms with van der Waals surface area (Å²) < 4.78 is 0. The zero-order chi connectivity index (χ0) is 15.6. The van der Waals surface area contributed by atoms with Gasteiger partial charge in [0.25, 0.3) is 5.91 Å². The molecular weight excluding hydrogens is 270 g/mol. The van der Waals surface area contributed by atoms with Crippen LogP contribution in [0.1, 0.15) is 40.5 Å². The van der Waals surface area contributed by atoms with Gasteiger partial charge in [0.1, 0.15) is 5.54 Å². The highest BCUT2D eigenvalue weighted by Crippen LogP contribution is 2.68. The lowest BCUT2D eigenvalue weighted by Crippen LogP contribution is -2.60. The minimum atomic E-state index is -0.922. The maximum Gasteiger partial charge on any atom is 0.322 e. The highest BCUT2D eigenvalue weighted by molar-refractivity contribution is 6.07. The molecule has 1 aliphatic carbocycles. The Labute approximate surface area is 124 Å². The van der Waals surface area contributed by atoms with Crippen molar-refractivity contribution in [2.45, 2.75) is 46.1 Å². The van der Waals surface area contributed by atoms with Gasteiger partial charge in [0.15, 0.2) is 0 Å². The van der Waals surface area contributed by atoms with Crippen LogP contribution in [0.2, 0.25) is 0 Å². The van der Waals surface area contributed by atoms with Crippen LogP contribution in [0.25, 0.3) is 0 Å². The van der Waals surface area contributed by atoms with E-state index in [1.165, 1.54) is 0 Å². The fourth-order valence-electron chi connectivity index (χ4n) is 4.06. The van der Waals surface area contributed by atoms with Crippen molar-refractivity contribution < 1.29 is 14.4 Å². The summed E-state index contributed by atoms with van der Waals surface area (Å²) >= 11 is 0. The Morgan fingerprint density at radius 3 is 2.29 bits per heavy atom. The Hall–Kier alpha value is -1.59. The van der Waals surface area contributed by atoms with Crippen molar-refractivity contribution in [2.75, 3.05) is 13.1 Å². The Morgan fingerprint density at radius 1 is 1.19 bits per heavy atom. The van der Waals surface area contributed by atoms with E-state index >= 15 is 0 Å². The van der Waals surface area contributed by atoms with Crippen LogP contribution < -0.4 is 10.6 Å². The predicted molar refractivity (Wildman–Crippen MR) is 76.3 cm³/mol. The van der Waals surface area contributed by atoms with Gasteiger partial charge in [-0.05, 0) is 23.7 Å². The molecule has 4 amide bonds. The molecule has 2 aliphatic heterocycles. The minimum Gasteiger partial charge on any atom is -0.340 e. The van der Waals surface area contributed by atoms with E-state index in [9.17, 15) is 14.4 Å². The van der Waals surface area contributed by atoms with Gasteiger partial charge in [0.05, 0.1) is 6.54 Å². The molecule has 0 aromatic rings. The molecule has 1 spiro atoms. The van der Waals surface area contributed by atoms with Crippen molar-refractivity contribution in [1.29, 1.82) is 0 Å². The molecule has 1 unspecified atom stereocenters. The molecule has 1 saturated carbocycles. The first-order valence-electron chi connectivity index (χ1n) is 7.54. The second-order valence-corrected chi connectivity index (χ2v) is 7.73. The third kappa shape index (κ3) is 1.80. The maximum atomic E-state index is 12.8. The van der Waals surface area contributed by atoms with Crippen LogP contribution in [-0.4, -0.2) is 41.4 Å². The third-order valence-electron chi connectivity index (χ3n) is 6.09. The fourth-order valence-corrected chi connectivity index (χ4v) is 4.06. The summed E-state index contributed by atoms with van der Waals surface area (Å²) in [6.45, 7) is 9.38. The standard InChI is InChI=1S/C15H23N3O3/c1-13(2)9(14(13,3)4)10(19)18-7-5-6-15(8-18)11(20)16-12(21)17-15/h9H,5-8H2,1-4H3,(H2,16,17,20,21). The van der Waals surface area contributed by atoms with Gasteiger partial charge in [-0.3, -0.25) is 14.9 Å². The minimum absolute atomic E-state index is 0.0136. The third-order valence-corrected chi connectivity index (χ3v) is 6.09. The molecule has 1 atom stereocenters. The average molecular weight is 293 g/mol. The summed E-state index contributed by atoms with van der Waals surface area (Å²) in [7, 11) is 0. The SMILES string of the molecule is CC1(C)C(C(=O)N2CCCC3(C2)NC(=O)NC3=O)C1(C)C. The average Bonchev–Trinajstić information content (AvgIpc) is 2.62. The first-order chi connectivity index (χ1) is 9.62. The van der Waals surface area contributed by atoms with Crippen LogP contribution in [0.3, 0.4) is 0 Å². The second-order valence-electron chi connectivity index (χ2n) is 7.73. The molecule has 21 heavy (non-hydrogen) atoms. The molecule has 2 N–H and O–H groups in total. The summed E-state index contributed by atoms with van der Waals surface area (Å²) in [4.78, 5) is 38.0. The molecule has 0 radical (unpaired) electrons. The number of hydrogen-bond acceptors (Lipinski definition) is 3. The van der Waals surface area contributed by atoms with E-state index < -0.39 is 11.6 Å². The number of carbonyl (C=O) groups is 3. The largest absolute Gasteiger partial charge is 0.340 e. The molecule has 6 nitrogen and oxygen atoms in total. The van der Waals surface area contributed by atoms with Crippen LogP contribution in [0.15, 0.2) is 0 Å². The molecule has 2 heterocycles. The summed E-state index contributed by atoms with van der Waals surface area (Å²) in [5.74, 6) is -0.211. The van der Waals surface area contributed by atoms with Crippen molar-refractivity contribution >= 4 is 17.8 Å². The monoisotopic (exact) mass is 293 g/mol. The van der Waals surface area contributed by atoms with E-state index in [1.54, 1.807) is 4.90 Å². The molecular formula is C15H23N3O3. The van der Waals surface area contributed by atoms with Crippen molar-refractivity contribution in [1.82, 2.24) is 15.5 Å². The molecule has 0 bridgehead atoms. The Morgan fingerprint density at radius 2 is 1.81 bits per heavy atom. The summed E-state index contributed by atoms with van der Waals surface area (Å²) in [6, 6.07) is -0.457. The zero-order valence-electron chi connectivity index (χ0n) is 13.1. The van der Waals surface area contributed by atoms with Gasteiger partial charge in [0.2, 0.25) is 5.91 Å². The van der Waals surface area contributed by atoms with Crippen LogP contribution in [0, 0.1) is 16.7 Å². The van der Waals surface area contributed by atoms with E-state index in [1.807, 2.05) is 0 Å². The molecule has 2 saturated heterocycles. The molecule has 6 heteroatoms. The Balaban J connectivity index is 1.78. The molecule has 3 aliphatic rings. The maximum absolute atomic E-state index is 12.8. The number of hydrogen-bond donors (Lipinski definition) is 2. The van der Waals surface area contributed by atoms with Gasteiger partial charge in [-0.25, -0.2) is 4.79 Å². The number of imide groups is 1. The lowest BCUT2D eigenvalue weighted by molar-refractivity contribution is -0.138. The number of urea groups is 1. The lowest BCUT2D eigenvalue weighted by atomic mass is 9.88. The number of carbonyl (C=O) groups excluding carboxylic acids is 3.